The van der Waals surface area contributed by atoms with Crippen molar-refractivity contribution in [1.29, 1.82) is 0 Å². The molecule has 1 aromatic carbocycles. The van der Waals surface area contributed by atoms with Crippen molar-refractivity contribution in [2.75, 3.05) is 25.2 Å². The van der Waals surface area contributed by atoms with E-state index in [1.165, 1.54) is 0 Å². The van der Waals surface area contributed by atoms with E-state index in [1.54, 1.807) is 17.0 Å². The highest BCUT2D eigenvalue weighted by atomic mass is 35.5. The van der Waals surface area contributed by atoms with Gasteiger partial charge in [-0.25, -0.2) is 4.79 Å². The predicted molar refractivity (Wildman–Crippen MR) is 78.5 cm³/mol. The number of aliphatic carboxylic acids is 1. The largest absolute Gasteiger partial charge is 0.481 e. The van der Waals surface area contributed by atoms with Crippen molar-refractivity contribution >= 4 is 29.3 Å². The number of nitrogens with zero attached hydrogens (tertiary/aromatic N) is 1. The molecule has 22 heavy (non-hydrogen) atoms. The number of anilines is 1. The Morgan fingerprint density at radius 2 is 1.86 bits per heavy atom. The van der Waals surface area contributed by atoms with Crippen molar-refractivity contribution in [2.45, 2.75) is 12.8 Å². The lowest BCUT2D eigenvalue weighted by Gasteiger charge is -2.30. The minimum absolute atomic E-state index is 0.131. The molecule has 0 aliphatic carbocycles. The molecule has 2 N–H and O–H groups in total. The number of likely N-dealkylation sites (tertiary alicyclic amines) is 1. The van der Waals surface area contributed by atoms with Gasteiger partial charge in [0.1, 0.15) is 0 Å². The molecule has 0 atom stereocenters. The van der Waals surface area contributed by atoms with Crippen LogP contribution in [0.4, 0.5) is 10.5 Å². The van der Waals surface area contributed by atoms with Gasteiger partial charge >= 0.3 is 12.0 Å². The highest BCUT2D eigenvalue weighted by Crippen LogP contribution is 2.39. The summed E-state index contributed by atoms with van der Waals surface area (Å²) in [5.74, 6) is -0.105. The van der Waals surface area contributed by atoms with Crippen LogP contribution in [0.1, 0.15) is 12.8 Å². The molecule has 2 heterocycles. The Balaban J connectivity index is 1.64. The number of urea groups is 1. The van der Waals surface area contributed by atoms with Gasteiger partial charge in [-0.1, -0.05) is 11.6 Å². The van der Waals surface area contributed by atoms with E-state index in [0.717, 1.165) is 0 Å². The molecule has 1 fully saturated rings. The van der Waals surface area contributed by atoms with Gasteiger partial charge in [-0.3, -0.25) is 4.79 Å². The molecule has 8 heteroatoms. The number of amides is 2. The molecule has 2 amide bonds. The number of rotatable bonds is 2. The monoisotopic (exact) mass is 326 g/mol. The Kier molecular flexibility index (Phi) is 3.98. The van der Waals surface area contributed by atoms with Crippen LogP contribution in [0, 0.1) is 5.92 Å². The van der Waals surface area contributed by atoms with Gasteiger partial charge in [-0.15, -0.1) is 0 Å². The topological polar surface area (TPSA) is 88.1 Å². The van der Waals surface area contributed by atoms with Gasteiger partial charge in [-0.05, 0) is 12.8 Å². The van der Waals surface area contributed by atoms with Crippen LogP contribution in [0.5, 0.6) is 11.5 Å². The predicted octanol–water partition coefficient (Wildman–Crippen LogP) is 2.40. The van der Waals surface area contributed by atoms with E-state index < -0.39 is 5.97 Å². The first-order valence-electron chi connectivity index (χ1n) is 6.92. The van der Waals surface area contributed by atoms with Crippen molar-refractivity contribution in [3.05, 3.63) is 17.2 Å². The van der Waals surface area contributed by atoms with E-state index in [1.807, 2.05) is 0 Å². The maximum atomic E-state index is 12.2. The number of hydrogen-bond donors (Lipinski definition) is 2. The van der Waals surface area contributed by atoms with Gasteiger partial charge in [-0.2, -0.15) is 0 Å². The molecule has 0 spiro atoms. The second-order valence-corrected chi connectivity index (χ2v) is 5.62. The molecule has 1 saturated heterocycles. The normalized spacial score (nSPS) is 17.4. The molecular formula is C14H15ClN2O5. The van der Waals surface area contributed by atoms with E-state index in [0.29, 0.717) is 48.1 Å². The number of nitrogens with one attached hydrogen (secondary N) is 1. The van der Waals surface area contributed by atoms with Crippen molar-refractivity contribution in [2.24, 2.45) is 5.92 Å². The summed E-state index contributed by atoms with van der Waals surface area (Å²) in [6.45, 7) is 0.946. The van der Waals surface area contributed by atoms with Gasteiger partial charge in [0.15, 0.2) is 11.5 Å². The average Bonchev–Trinajstić information content (AvgIpc) is 2.94. The summed E-state index contributed by atoms with van der Waals surface area (Å²) in [6, 6.07) is 2.91. The van der Waals surface area contributed by atoms with Gasteiger partial charge in [0.05, 0.1) is 16.6 Å². The summed E-state index contributed by atoms with van der Waals surface area (Å²) in [6.07, 6.45) is 0.912. The zero-order chi connectivity index (χ0) is 15.7. The smallest absolute Gasteiger partial charge is 0.321 e. The molecular weight excluding hydrogens is 312 g/mol. The third-order valence-corrected chi connectivity index (χ3v) is 4.15. The molecule has 0 saturated carbocycles. The third-order valence-electron chi connectivity index (χ3n) is 3.84. The third kappa shape index (κ3) is 2.89. The lowest BCUT2D eigenvalue weighted by molar-refractivity contribution is -0.143. The lowest BCUT2D eigenvalue weighted by atomic mass is 9.97. The molecule has 2 aliphatic heterocycles. The number of halogens is 1. The van der Waals surface area contributed by atoms with E-state index in [9.17, 15) is 9.59 Å². The summed E-state index contributed by atoms with van der Waals surface area (Å²) in [5.41, 5.74) is 0.441. The number of benzene rings is 1. The molecule has 0 bridgehead atoms. The van der Waals surface area contributed by atoms with Crippen molar-refractivity contribution in [3.63, 3.8) is 0 Å². The number of fused-ring (bicyclic) bond motifs is 1. The Morgan fingerprint density at radius 1 is 1.23 bits per heavy atom. The van der Waals surface area contributed by atoms with Crippen LogP contribution >= 0.6 is 11.6 Å². The first kappa shape index (κ1) is 14.8. The molecule has 0 unspecified atom stereocenters. The molecule has 3 rings (SSSR count). The Morgan fingerprint density at radius 3 is 2.50 bits per heavy atom. The number of carbonyl (C=O) groups is 2. The number of ether oxygens (including phenoxy) is 2. The number of hydrogen-bond acceptors (Lipinski definition) is 4. The van der Waals surface area contributed by atoms with Gasteiger partial charge in [0.2, 0.25) is 6.79 Å². The van der Waals surface area contributed by atoms with Crippen LogP contribution < -0.4 is 14.8 Å². The summed E-state index contributed by atoms with van der Waals surface area (Å²) >= 11 is 6.11. The Labute approximate surface area is 131 Å². The first-order chi connectivity index (χ1) is 10.5. The summed E-state index contributed by atoms with van der Waals surface area (Å²) in [4.78, 5) is 24.7. The summed E-state index contributed by atoms with van der Waals surface area (Å²) < 4.78 is 10.5. The molecule has 118 valence electrons. The van der Waals surface area contributed by atoms with Crippen molar-refractivity contribution in [3.8, 4) is 11.5 Å². The number of carboxylic acid groups (broad SMARTS) is 1. The fraction of sp³-hybridized carbons (Fsp3) is 0.429. The quantitative estimate of drug-likeness (QED) is 0.871. The van der Waals surface area contributed by atoms with Crippen LogP contribution in [-0.4, -0.2) is 41.9 Å². The van der Waals surface area contributed by atoms with Crippen LogP contribution in [0.2, 0.25) is 5.02 Å². The molecule has 0 aromatic heterocycles. The standard InChI is InChI=1S/C14H15ClN2O5/c15-9-5-11-12(22-7-21-11)6-10(9)16-14(20)17-3-1-8(2-4-17)13(18)19/h5-6,8H,1-4,7H2,(H,16,20)(H,18,19). The fourth-order valence-corrected chi connectivity index (χ4v) is 2.74. The van der Waals surface area contributed by atoms with Gasteiger partial charge in [0.25, 0.3) is 0 Å². The van der Waals surface area contributed by atoms with Gasteiger partial charge in [0, 0.05) is 25.2 Å². The SMILES string of the molecule is O=C(O)C1CCN(C(=O)Nc2cc3c(cc2Cl)OCO3)CC1. The maximum absolute atomic E-state index is 12.2. The second kappa shape index (κ2) is 5.92. The molecule has 0 radical (unpaired) electrons. The van der Waals surface area contributed by atoms with Crippen LogP contribution in [0.25, 0.3) is 0 Å². The van der Waals surface area contributed by atoms with E-state index >= 15 is 0 Å². The Hall–Kier alpha value is -2.15. The zero-order valence-corrected chi connectivity index (χ0v) is 12.4. The maximum Gasteiger partial charge on any atom is 0.321 e. The average molecular weight is 327 g/mol. The van der Waals surface area contributed by atoms with Crippen molar-refractivity contribution < 1.29 is 24.2 Å². The fourth-order valence-electron chi connectivity index (χ4n) is 2.54. The highest BCUT2D eigenvalue weighted by Gasteiger charge is 2.27. The zero-order valence-electron chi connectivity index (χ0n) is 11.7. The minimum atomic E-state index is -0.807. The molecule has 2 aliphatic rings. The number of carbonyl (C=O) groups excluding carboxylic acids is 1. The number of carboxylic acids is 1. The Bertz CT molecular complexity index is 613. The second-order valence-electron chi connectivity index (χ2n) is 5.22. The first-order valence-corrected chi connectivity index (χ1v) is 7.30. The van der Waals surface area contributed by atoms with Crippen LogP contribution in [-0.2, 0) is 4.79 Å². The molecule has 1 aromatic rings. The summed E-state index contributed by atoms with van der Waals surface area (Å²) in [5, 5.41) is 12.0. The van der Waals surface area contributed by atoms with E-state index in [4.69, 9.17) is 26.2 Å². The van der Waals surface area contributed by atoms with E-state index in [-0.39, 0.29) is 18.7 Å². The van der Waals surface area contributed by atoms with Crippen molar-refractivity contribution in [1.82, 2.24) is 4.90 Å². The van der Waals surface area contributed by atoms with Crippen LogP contribution in [0.3, 0.4) is 0 Å². The number of piperidine rings is 1. The van der Waals surface area contributed by atoms with E-state index in [2.05, 4.69) is 5.32 Å². The highest BCUT2D eigenvalue weighted by molar-refractivity contribution is 6.34. The van der Waals surface area contributed by atoms with Gasteiger partial charge < -0.3 is 24.8 Å². The van der Waals surface area contributed by atoms with Crippen LogP contribution in [0.15, 0.2) is 12.1 Å². The lowest BCUT2D eigenvalue weighted by Crippen LogP contribution is -2.42. The molecule has 7 nitrogen and oxygen atoms in total. The minimum Gasteiger partial charge on any atom is -0.481 e. The summed E-state index contributed by atoms with van der Waals surface area (Å²) in [7, 11) is 0.